The zero-order valence-electron chi connectivity index (χ0n) is 15.9. The minimum Gasteiger partial charge on any atom is -0.465 e. The van der Waals surface area contributed by atoms with E-state index in [1.165, 1.54) is 11.8 Å². The van der Waals surface area contributed by atoms with Gasteiger partial charge in [0.15, 0.2) is 0 Å². The summed E-state index contributed by atoms with van der Waals surface area (Å²) in [5, 5.41) is 2.84. The highest BCUT2D eigenvalue weighted by molar-refractivity contribution is 8.00. The SMILES string of the molecule is CCOC(=O)C(C)(CNC(=O)c1ccccc1SCC(N)=O)c1ccccc1. The molecular formula is C21H24N2O4S. The normalized spacial score (nSPS) is 12.6. The minimum atomic E-state index is -1.03. The molecule has 3 N–H and O–H groups in total. The predicted octanol–water partition coefficient (Wildman–Crippen LogP) is 2.51. The van der Waals surface area contributed by atoms with Crippen molar-refractivity contribution in [3.8, 4) is 0 Å². The first kappa shape index (κ1) is 21.5. The van der Waals surface area contributed by atoms with E-state index in [1.807, 2.05) is 30.3 Å². The first-order valence-electron chi connectivity index (χ1n) is 8.89. The van der Waals surface area contributed by atoms with E-state index < -0.39 is 17.3 Å². The van der Waals surface area contributed by atoms with Crippen LogP contribution in [0.4, 0.5) is 0 Å². The molecule has 6 nitrogen and oxygen atoms in total. The van der Waals surface area contributed by atoms with E-state index >= 15 is 0 Å². The third kappa shape index (κ3) is 5.36. The monoisotopic (exact) mass is 400 g/mol. The maximum absolute atomic E-state index is 12.8. The van der Waals surface area contributed by atoms with Gasteiger partial charge in [-0.25, -0.2) is 0 Å². The molecule has 0 fully saturated rings. The standard InChI is InChI=1S/C21H24N2O4S/c1-3-27-20(26)21(2,15-9-5-4-6-10-15)14-23-19(25)16-11-7-8-12-17(16)28-13-18(22)24/h4-12H,3,13-14H2,1-2H3,(H2,22,24)(H,23,25). The first-order chi connectivity index (χ1) is 13.4. The van der Waals surface area contributed by atoms with Crippen LogP contribution >= 0.6 is 11.8 Å². The van der Waals surface area contributed by atoms with Gasteiger partial charge in [0.2, 0.25) is 5.91 Å². The van der Waals surface area contributed by atoms with E-state index in [1.54, 1.807) is 38.1 Å². The number of hydrogen-bond acceptors (Lipinski definition) is 5. The van der Waals surface area contributed by atoms with Crippen molar-refractivity contribution >= 4 is 29.5 Å². The number of esters is 1. The molecule has 0 aliphatic rings. The van der Waals surface area contributed by atoms with Gasteiger partial charge in [-0.3, -0.25) is 14.4 Å². The van der Waals surface area contributed by atoms with E-state index in [0.29, 0.717) is 10.5 Å². The number of nitrogens with one attached hydrogen (secondary N) is 1. The minimum absolute atomic E-state index is 0.0729. The van der Waals surface area contributed by atoms with E-state index in [-0.39, 0.29) is 24.8 Å². The summed E-state index contributed by atoms with van der Waals surface area (Å²) in [5.74, 6) is -1.12. The van der Waals surface area contributed by atoms with E-state index in [2.05, 4.69) is 5.32 Å². The van der Waals surface area contributed by atoms with Crippen molar-refractivity contribution in [1.29, 1.82) is 0 Å². The van der Waals surface area contributed by atoms with Gasteiger partial charge in [0, 0.05) is 11.4 Å². The van der Waals surface area contributed by atoms with E-state index in [4.69, 9.17) is 10.5 Å². The van der Waals surface area contributed by atoms with Crippen LogP contribution < -0.4 is 11.1 Å². The summed E-state index contributed by atoms with van der Waals surface area (Å²) in [7, 11) is 0. The fraction of sp³-hybridized carbons (Fsp3) is 0.286. The largest absolute Gasteiger partial charge is 0.465 e. The maximum Gasteiger partial charge on any atom is 0.318 e. The highest BCUT2D eigenvalue weighted by Crippen LogP contribution is 2.26. The summed E-state index contributed by atoms with van der Waals surface area (Å²) in [6.45, 7) is 3.81. The lowest BCUT2D eigenvalue weighted by Gasteiger charge is -2.28. The van der Waals surface area contributed by atoms with Crippen LogP contribution in [0.3, 0.4) is 0 Å². The molecule has 148 valence electrons. The first-order valence-corrected chi connectivity index (χ1v) is 9.88. The number of rotatable bonds is 9. The van der Waals surface area contributed by atoms with Crippen LogP contribution in [0.25, 0.3) is 0 Å². The zero-order chi connectivity index (χ0) is 20.6. The summed E-state index contributed by atoms with van der Waals surface area (Å²) >= 11 is 1.20. The quantitative estimate of drug-likeness (QED) is 0.498. The molecule has 28 heavy (non-hydrogen) atoms. The molecular weight excluding hydrogens is 376 g/mol. The number of thioether (sulfide) groups is 1. The Kier molecular flexibility index (Phi) is 7.63. The van der Waals surface area contributed by atoms with Gasteiger partial charge in [-0.1, -0.05) is 42.5 Å². The number of nitrogens with two attached hydrogens (primary N) is 1. The molecule has 0 aromatic heterocycles. The van der Waals surface area contributed by atoms with Crippen molar-refractivity contribution in [1.82, 2.24) is 5.32 Å². The van der Waals surface area contributed by atoms with Crippen molar-refractivity contribution in [3.05, 3.63) is 65.7 Å². The highest BCUT2D eigenvalue weighted by Gasteiger charge is 2.37. The second kappa shape index (κ2) is 9.94. The van der Waals surface area contributed by atoms with Gasteiger partial charge in [-0.15, -0.1) is 11.8 Å². The van der Waals surface area contributed by atoms with Crippen LogP contribution in [0, 0.1) is 0 Å². The number of benzene rings is 2. The van der Waals surface area contributed by atoms with Crippen molar-refractivity contribution < 1.29 is 19.1 Å². The van der Waals surface area contributed by atoms with Gasteiger partial charge < -0.3 is 15.8 Å². The average Bonchev–Trinajstić information content (AvgIpc) is 2.71. The lowest BCUT2D eigenvalue weighted by atomic mass is 9.82. The number of hydrogen-bond donors (Lipinski definition) is 2. The van der Waals surface area contributed by atoms with Crippen LogP contribution in [-0.4, -0.2) is 36.7 Å². The molecule has 2 rings (SSSR count). The number of amides is 2. The molecule has 1 unspecified atom stereocenters. The van der Waals surface area contributed by atoms with Gasteiger partial charge in [0.1, 0.15) is 5.41 Å². The third-order valence-electron chi connectivity index (χ3n) is 4.24. The van der Waals surface area contributed by atoms with E-state index in [9.17, 15) is 14.4 Å². The van der Waals surface area contributed by atoms with Crippen molar-refractivity contribution in [3.63, 3.8) is 0 Å². The third-order valence-corrected chi connectivity index (χ3v) is 5.34. The highest BCUT2D eigenvalue weighted by atomic mass is 32.2. The Balaban J connectivity index is 2.21. The predicted molar refractivity (Wildman–Crippen MR) is 109 cm³/mol. The van der Waals surface area contributed by atoms with Gasteiger partial charge in [-0.2, -0.15) is 0 Å². The number of primary amides is 1. The van der Waals surface area contributed by atoms with Crippen molar-refractivity contribution in [2.24, 2.45) is 5.73 Å². The molecule has 0 radical (unpaired) electrons. The summed E-state index contributed by atoms with van der Waals surface area (Å²) in [6, 6.07) is 16.2. The molecule has 2 aromatic rings. The molecule has 7 heteroatoms. The van der Waals surface area contributed by atoms with Gasteiger partial charge in [-0.05, 0) is 31.5 Å². The summed E-state index contributed by atoms with van der Waals surface area (Å²) in [4.78, 5) is 37.1. The Morgan fingerprint density at radius 1 is 1.07 bits per heavy atom. The van der Waals surface area contributed by atoms with Crippen LogP contribution in [0.15, 0.2) is 59.5 Å². The molecule has 2 amide bonds. The molecule has 2 aromatic carbocycles. The molecule has 0 heterocycles. The van der Waals surface area contributed by atoms with Crippen LogP contribution in [0.1, 0.15) is 29.8 Å². The lowest BCUT2D eigenvalue weighted by molar-refractivity contribution is -0.149. The Bertz CT molecular complexity index is 841. The second-order valence-electron chi connectivity index (χ2n) is 6.35. The molecule has 0 saturated carbocycles. The Morgan fingerprint density at radius 3 is 2.36 bits per heavy atom. The lowest BCUT2D eigenvalue weighted by Crippen LogP contribution is -2.45. The number of carbonyl (C=O) groups is 3. The summed E-state index contributed by atoms with van der Waals surface area (Å²) < 4.78 is 5.24. The number of ether oxygens (including phenoxy) is 1. The van der Waals surface area contributed by atoms with Gasteiger partial charge in [0.25, 0.3) is 5.91 Å². The molecule has 1 atom stereocenters. The topological polar surface area (TPSA) is 98.5 Å². The zero-order valence-corrected chi connectivity index (χ0v) is 16.8. The fourth-order valence-electron chi connectivity index (χ4n) is 2.67. The van der Waals surface area contributed by atoms with Crippen LogP contribution in [-0.2, 0) is 19.7 Å². The Morgan fingerprint density at radius 2 is 1.71 bits per heavy atom. The van der Waals surface area contributed by atoms with Crippen LogP contribution in [0.5, 0.6) is 0 Å². The van der Waals surface area contributed by atoms with Gasteiger partial charge >= 0.3 is 5.97 Å². The molecule has 0 saturated heterocycles. The summed E-state index contributed by atoms with van der Waals surface area (Å²) in [5.41, 5.74) is 5.35. The second-order valence-corrected chi connectivity index (χ2v) is 7.37. The maximum atomic E-state index is 12.8. The molecule has 0 spiro atoms. The van der Waals surface area contributed by atoms with E-state index in [0.717, 1.165) is 5.56 Å². The fourth-order valence-corrected chi connectivity index (χ4v) is 3.46. The number of carbonyl (C=O) groups excluding carboxylic acids is 3. The van der Waals surface area contributed by atoms with Gasteiger partial charge in [0.05, 0.1) is 17.9 Å². The van der Waals surface area contributed by atoms with Crippen LogP contribution in [0.2, 0.25) is 0 Å². The smallest absolute Gasteiger partial charge is 0.318 e. The average molecular weight is 401 g/mol. The molecule has 0 aliphatic carbocycles. The molecule has 0 aliphatic heterocycles. The van der Waals surface area contributed by atoms with Crippen molar-refractivity contribution in [2.45, 2.75) is 24.2 Å². The Hall–Kier alpha value is -2.80. The van der Waals surface area contributed by atoms with Crippen molar-refractivity contribution in [2.75, 3.05) is 18.9 Å². The Labute approximate surface area is 168 Å². The molecule has 0 bridgehead atoms. The summed E-state index contributed by atoms with van der Waals surface area (Å²) in [6.07, 6.45) is 0.